The van der Waals surface area contributed by atoms with Crippen molar-refractivity contribution in [1.29, 1.82) is 0 Å². The third kappa shape index (κ3) is 5.17. The Hall–Kier alpha value is -2.24. The summed E-state index contributed by atoms with van der Waals surface area (Å²) >= 11 is 0. The summed E-state index contributed by atoms with van der Waals surface area (Å²) in [6.45, 7) is 4.75. The fraction of sp³-hybridized carbons (Fsp3) is 0.429. The number of aromatic hydroxyl groups is 2. The molecule has 1 aromatic carbocycles. The van der Waals surface area contributed by atoms with Crippen molar-refractivity contribution in [3.05, 3.63) is 23.8 Å². The monoisotopic (exact) mass is 280 g/mol. The van der Waals surface area contributed by atoms with Crippen LogP contribution in [0.1, 0.15) is 30.6 Å². The van der Waals surface area contributed by atoms with Gasteiger partial charge in [0.2, 0.25) is 5.91 Å². The number of hydrogen-bond donors (Lipinski definition) is 4. The highest BCUT2D eigenvalue weighted by molar-refractivity contribution is 5.97. The lowest BCUT2D eigenvalue weighted by Crippen LogP contribution is -2.32. The van der Waals surface area contributed by atoms with Gasteiger partial charge in [-0.1, -0.05) is 13.8 Å². The average Bonchev–Trinajstić information content (AvgIpc) is 2.39. The molecule has 0 aliphatic carbocycles. The van der Waals surface area contributed by atoms with E-state index in [1.165, 1.54) is 18.2 Å². The first-order chi connectivity index (χ1) is 9.40. The fourth-order valence-corrected chi connectivity index (χ4v) is 1.50. The van der Waals surface area contributed by atoms with Crippen LogP contribution in [0.5, 0.6) is 11.5 Å². The van der Waals surface area contributed by atoms with Gasteiger partial charge in [-0.3, -0.25) is 9.59 Å². The van der Waals surface area contributed by atoms with Crippen molar-refractivity contribution < 1.29 is 19.8 Å². The second-order valence-electron chi connectivity index (χ2n) is 4.91. The van der Waals surface area contributed by atoms with Crippen LogP contribution in [0.3, 0.4) is 0 Å². The van der Waals surface area contributed by atoms with E-state index in [2.05, 4.69) is 10.6 Å². The summed E-state index contributed by atoms with van der Waals surface area (Å²) < 4.78 is 0. The molecular formula is C14H20N2O4. The molecule has 0 saturated heterocycles. The van der Waals surface area contributed by atoms with E-state index in [1.807, 2.05) is 13.8 Å². The topological polar surface area (TPSA) is 98.7 Å². The van der Waals surface area contributed by atoms with Gasteiger partial charge in [0.25, 0.3) is 5.91 Å². The molecule has 0 aliphatic heterocycles. The smallest absolute Gasteiger partial charge is 0.255 e. The van der Waals surface area contributed by atoms with E-state index in [0.717, 1.165) is 0 Å². The number of rotatable bonds is 6. The van der Waals surface area contributed by atoms with Crippen molar-refractivity contribution in [1.82, 2.24) is 10.6 Å². The van der Waals surface area contributed by atoms with Crippen LogP contribution < -0.4 is 10.6 Å². The molecule has 2 amide bonds. The molecule has 20 heavy (non-hydrogen) atoms. The van der Waals surface area contributed by atoms with E-state index in [9.17, 15) is 19.8 Å². The highest BCUT2D eigenvalue weighted by Crippen LogP contribution is 2.21. The van der Waals surface area contributed by atoms with Crippen molar-refractivity contribution in [3.63, 3.8) is 0 Å². The SMILES string of the molecule is CC(C)CNC(=O)CCNC(=O)c1cc(O)ccc1O. The van der Waals surface area contributed by atoms with Gasteiger partial charge in [-0.15, -0.1) is 0 Å². The Morgan fingerprint density at radius 1 is 1.20 bits per heavy atom. The Bertz CT molecular complexity index is 486. The van der Waals surface area contributed by atoms with Gasteiger partial charge >= 0.3 is 0 Å². The quantitative estimate of drug-likeness (QED) is 0.584. The molecule has 0 heterocycles. The first kappa shape index (κ1) is 15.8. The standard InChI is InChI=1S/C14H20N2O4/c1-9(2)8-16-13(19)5-6-15-14(20)11-7-10(17)3-4-12(11)18/h3-4,7,9,17-18H,5-6,8H2,1-2H3,(H,15,20)(H,16,19). The van der Waals surface area contributed by atoms with Crippen molar-refractivity contribution in [2.75, 3.05) is 13.1 Å². The molecule has 0 unspecified atom stereocenters. The van der Waals surface area contributed by atoms with Crippen LogP contribution in [-0.2, 0) is 4.79 Å². The van der Waals surface area contributed by atoms with E-state index < -0.39 is 5.91 Å². The maximum atomic E-state index is 11.8. The molecule has 1 aromatic rings. The molecule has 1 rings (SSSR count). The van der Waals surface area contributed by atoms with E-state index >= 15 is 0 Å². The molecule has 0 aromatic heterocycles. The van der Waals surface area contributed by atoms with Crippen LogP contribution in [0.2, 0.25) is 0 Å². The van der Waals surface area contributed by atoms with Crippen LogP contribution in [0.15, 0.2) is 18.2 Å². The average molecular weight is 280 g/mol. The Morgan fingerprint density at radius 2 is 1.90 bits per heavy atom. The maximum Gasteiger partial charge on any atom is 0.255 e. The van der Waals surface area contributed by atoms with Gasteiger partial charge in [0, 0.05) is 19.5 Å². The predicted octanol–water partition coefficient (Wildman–Crippen LogP) is 0.990. The Morgan fingerprint density at radius 3 is 2.55 bits per heavy atom. The summed E-state index contributed by atoms with van der Waals surface area (Å²) in [6, 6.07) is 3.69. The minimum atomic E-state index is -0.532. The zero-order valence-electron chi connectivity index (χ0n) is 11.6. The number of nitrogens with one attached hydrogen (secondary N) is 2. The summed E-state index contributed by atoms with van der Waals surface area (Å²) in [5.74, 6) is -0.626. The highest BCUT2D eigenvalue weighted by Gasteiger charge is 2.12. The molecule has 0 radical (unpaired) electrons. The molecule has 0 fully saturated rings. The lowest BCUT2D eigenvalue weighted by atomic mass is 10.1. The van der Waals surface area contributed by atoms with E-state index in [0.29, 0.717) is 12.5 Å². The van der Waals surface area contributed by atoms with Gasteiger partial charge in [-0.25, -0.2) is 0 Å². The van der Waals surface area contributed by atoms with Crippen molar-refractivity contribution in [2.24, 2.45) is 5.92 Å². The largest absolute Gasteiger partial charge is 0.508 e. The van der Waals surface area contributed by atoms with Gasteiger partial charge in [0.1, 0.15) is 11.5 Å². The lowest BCUT2D eigenvalue weighted by molar-refractivity contribution is -0.121. The summed E-state index contributed by atoms with van der Waals surface area (Å²) in [7, 11) is 0. The van der Waals surface area contributed by atoms with E-state index in [4.69, 9.17) is 0 Å². The third-order valence-corrected chi connectivity index (χ3v) is 2.57. The van der Waals surface area contributed by atoms with Gasteiger partial charge in [-0.05, 0) is 24.1 Å². The van der Waals surface area contributed by atoms with E-state index in [-0.39, 0.29) is 35.9 Å². The summed E-state index contributed by atoms with van der Waals surface area (Å²) in [5, 5.41) is 24.0. The highest BCUT2D eigenvalue weighted by atomic mass is 16.3. The lowest BCUT2D eigenvalue weighted by Gasteiger charge is -2.09. The molecule has 0 atom stereocenters. The molecule has 0 saturated carbocycles. The maximum absolute atomic E-state index is 11.8. The second-order valence-corrected chi connectivity index (χ2v) is 4.91. The van der Waals surface area contributed by atoms with Gasteiger partial charge in [0.15, 0.2) is 0 Å². The van der Waals surface area contributed by atoms with E-state index in [1.54, 1.807) is 0 Å². The number of amides is 2. The number of carbonyl (C=O) groups excluding carboxylic acids is 2. The van der Waals surface area contributed by atoms with Crippen LogP contribution in [0.25, 0.3) is 0 Å². The minimum absolute atomic E-state index is 0.0208. The second kappa shape index (κ2) is 7.37. The third-order valence-electron chi connectivity index (χ3n) is 2.57. The molecule has 6 heteroatoms. The number of carbonyl (C=O) groups is 2. The van der Waals surface area contributed by atoms with Crippen LogP contribution in [0, 0.1) is 5.92 Å². The molecule has 6 nitrogen and oxygen atoms in total. The fourth-order valence-electron chi connectivity index (χ4n) is 1.50. The van der Waals surface area contributed by atoms with Crippen molar-refractivity contribution >= 4 is 11.8 Å². The zero-order chi connectivity index (χ0) is 15.1. The Labute approximate surface area is 117 Å². The van der Waals surface area contributed by atoms with Crippen LogP contribution in [-0.4, -0.2) is 35.1 Å². The minimum Gasteiger partial charge on any atom is -0.508 e. The van der Waals surface area contributed by atoms with Crippen molar-refractivity contribution in [2.45, 2.75) is 20.3 Å². The van der Waals surface area contributed by atoms with Crippen LogP contribution >= 0.6 is 0 Å². The molecule has 0 bridgehead atoms. The van der Waals surface area contributed by atoms with Gasteiger partial charge in [0.05, 0.1) is 5.56 Å². The Balaban J connectivity index is 2.40. The number of benzene rings is 1. The normalized spacial score (nSPS) is 10.3. The predicted molar refractivity (Wildman–Crippen MR) is 74.6 cm³/mol. The number of phenolic OH excluding ortho intramolecular Hbond substituents is 2. The molecule has 110 valence electrons. The van der Waals surface area contributed by atoms with Gasteiger partial charge in [-0.2, -0.15) is 0 Å². The Kier molecular flexibility index (Phi) is 5.83. The van der Waals surface area contributed by atoms with Gasteiger partial charge < -0.3 is 20.8 Å². The number of phenols is 2. The first-order valence-corrected chi connectivity index (χ1v) is 6.47. The summed E-state index contributed by atoms with van der Waals surface area (Å²) in [4.78, 5) is 23.2. The number of hydrogen-bond acceptors (Lipinski definition) is 4. The summed E-state index contributed by atoms with van der Waals surface area (Å²) in [6.07, 6.45) is 0.165. The zero-order valence-corrected chi connectivity index (χ0v) is 11.6. The molecule has 4 N–H and O–H groups in total. The molecule has 0 aliphatic rings. The molecular weight excluding hydrogens is 260 g/mol. The molecule has 0 spiro atoms. The summed E-state index contributed by atoms with van der Waals surface area (Å²) in [5.41, 5.74) is -0.0208. The van der Waals surface area contributed by atoms with Crippen LogP contribution in [0.4, 0.5) is 0 Å². The van der Waals surface area contributed by atoms with Crippen molar-refractivity contribution in [3.8, 4) is 11.5 Å². The first-order valence-electron chi connectivity index (χ1n) is 6.47.